The van der Waals surface area contributed by atoms with E-state index in [0.717, 1.165) is 42.8 Å². The quantitative estimate of drug-likeness (QED) is 0.925. The molecule has 1 saturated heterocycles. The molecular weight excluding hydrogens is 284 g/mol. The smallest absolute Gasteiger partial charge is 0.223 e. The number of rotatable bonds is 4. The summed E-state index contributed by atoms with van der Waals surface area (Å²) in [6, 6.07) is 8.02. The number of nitrogens with two attached hydrogens (primary N) is 1. The summed E-state index contributed by atoms with van der Waals surface area (Å²) in [5.74, 6) is 0.252. The third kappa shape index (κ3) is 2.82. The molecule has 0 bridgehead atoms. The van der Waals surface area contributed by atoms with Gasteiger partial charge < -0.3 is 10.6 Å². The summed E-state index contributed by atoms with van der Waals surface area (Å²) in [5, 5.41) is 0.763. The van der Waals surface area contributed by atoms with Gasteiger partial charge in [-0.1, -0.05) is 36.2 Å². The zero-order chi connectivity index (χ0) is 14.9. The summed E-state index contributed by atoms with van der Waals surface area (Å²) >= 11 is 6.32. The maximum absolute atomic E-state index is 12.7. The molecule has 1 aliphatic carbocycles. The van der Waals surface area contributed by atoms with Crippen molar-refractivity contribution in [3.8, 4) is 0 Å². The molecule has 1 saturated carbocycles. The lowest BCUT2D eigenvalue weighted by Gasteiger charge is -2.42. The molecule has 1 aromatic rings. The summed E-state index contributed by atoms with van der Waals surface area (Å²) < 4.78 is 0. The second-order valence-corrected chi connectivity index (χ2v) is 6.91. The minimum absolute atomic E-state index is 0.0741. The Labute approximate surface area is 131 Å². The number of hydrogen-bond acceptors (Lipinski definition) is 2. The highest BCUT2D eigenvalue weighted by atomic mass is 35.5. The molecule has 3 rings (SSSR count). The van der Waals surface area contributed by atoms with Crippen LogP contribution in [0.2, 0.25) is 5.02 Å². The van der Waals surface area contributed by atoms with Crippen molar-refractivity contribution < 1.29 is 4.79 Å². The zero-order valence-corrected chi connectivity index (χ0v) is 13.1. The van der Waals surface area contributed by atoms with E-state index in [-0.39, 0.29) is 17.4 Å². The van der Waals surface area contributed by atoms with Gasteiger partial charge in [0.1, 0.15) is 0 Å². The van der Waals surface area contributed by atoms with Crippen molar-refractivity contribution in [2.75, 3.05) is 13.1 Å². The van der Waals surface area contributed by atoms with Crippen LogP contribution in [-0.2, 0) is 4.79 Å². The summed E-state index contributed by atoms with van der Waals surface area (Å²) in [7, 11) is 0. The molecule has 114 valence electrons. The first kappa shape index (κ1) is 14.9. The number of hydrogen-bond donors (Lipinski definition) is 1. The minimum Gasteiger partial charge on any atom is -0.336 e. The highest BCUT2D eigenvalue weighted by Gasteiger charge is 2.40. The molecule has 1 heterocycles. The van der Waals surface area contributed by atoms with Gasteiger partial charge in [0.25, 0.3) is 0 Å². The Kier molecular flexibility index (Phi) is 4.23. The van der Waals surface area contributed by atoms with Crippen LogP contribution in [0.1, 0.15) is 50.1 Å². The van der Waals surface area contributed by atoms with Crippen LogP contribution >= 0.6 is 11.6 Å². The van der Waals surface area contributed by atoms with Crippen LogP contribution in [0.3, 0.4) is 0 Å². The van der Waals surface area contributed by atoms with Gasteiger partial charge in [-0.05, 0) is 49.3 Å². The van der Waals surface area contributed by atoms with E-state index in [1.54, 1.807) is 0 Å². The summed E-state index contributed by atoms with van der Waals surface area (Å²) in [6.07, 6.45) is 6.06. The van der Waals surface area contributed by atoms with Crippen LogP contribution in [0.25, 0.3) is 0 Å². The normalized spacial score (nSPS) is 23.9. The predicted octanol–water partition coefficient (Wildman–Crippen LogP) is 3.52. The van der Waals surface area contributed by atoms with Gasteiger partial charge in [0.2, 0.25) is 5.91 Å². The lowest BCUT2D eigenvalue weighted by atomic mass is 9.66. The van der Waals surface area contributed by atoms with E-state index >= 15 is 0 Å². The largest absolute Gasteiger partial charge is 0.336 e. The summed E-state index contributed by atoms with van der Waals surface area (Å²) in [6.45, 7) is 1.47. The van der Waals surface area contributed by atoms with Crippen LogP contribution in [0, 0.1) is 5.41 Å². The van der Waals surface area contributed by atoms with E-state index < -0.39 is 0 Å². The molecule has 2 fully saturated rings. The highest BCUT2D eigenvalue weighted by Crippen LogP contribution is 2.45. The van der Waals surface area contributed by atoms with Gasteiger partial charge in [-0.15, -0.1) is 0 Å². The van der Waals surface area contributed by atoms with Gasteiger partial charge in [0.15, 0.2) is 0 Å². The first-order chi connectivity index (χ1) is 10.2. The fourth-order valence-electron chi connectivity index (χ4n) is 3.69. The average Bonchev–Trinajstić information content (AvgIpc) is 2.92. The van der Waals surface area contributed by atoms with Crippen molar-refractivity contribution >= 4 is 17.5 Å². The third-order valence-electron chi connectivity index (χ3n) is 5.21. The Balaban J connectivity index is 1.75. The van der Waals surface area contributed by atoms with Crippen molar-refractivity contribution in [3.63, 3.8) is 0 Å². The average molecular weight is 307 g/mol. The lowest BCUT2D eigenvalue weighted by Crippen LogP contribution is -2.43. The lowest BCUT2D eigenvalue weighted by molar-refractivity contribution is -0.136. The van der Waals surface area contributed by atoms with E-state index in [0.29, 0.717) is 13.0 Å². The molecule has 1 aromatic carbocycles. The van der Waals surface area contributed by atoms with Crippen molar-refractivity contribution in [1.82, 2.24) is 4.90 Å². The monoisotopic (exact) mass is 306 g/mol. The van der Waals surface area contributed by atoms with Crippen LogP contribution in [0.4, 0.5) is 0 Å². The Morgan fingerprint density at radius 1 is 1.33 bits per heavy atom. The fourth-order valence-corrected chi connectivity index (χ4v) is 3.95. The van der Waals surface area contributed by atoms with E-state index in [4.69, 9.17) is 17.3 Å². The molecule has 1 unspecified atom stereocenters. The number of likely N-dealkylation sites (tertiary alicyclic amines) is 1. The Morgan fingerprint density at radius 2 is 2.10 bits per heavy atom. The van der Waals surface area contributed by atoms with Crippen LogP contribution < -0.4 is 5.73 Å². The van der Waals surface area contributed by atoms with Crippen LogP contribution in [0.5, 0.6) is 0 Å². The van der Waals surface area contributed by atoms with Crippen LogP contribution in [-0.4, -0.2) is 23.9 Å². The fraction of sp³-hybridized carbons (Fsp3) is 0.588. The molecule has 2 aliphatic rings. The van der Waals surface area contributed by atoms with Crippen molar-refractivity contribution in [2.24, 2.45) is 11.1 Å². The first-order valence-corrected chi connectivity index (χ1v) is 8.27. The molecule has 0 radical (unpaired) electrons. The molecule has 2 N–H and O–H groups in total. The number of carbonyl (C=O) groups excluding carboxylic acids is 1. The molecule has 1 amide bonds. The Bertz CT molecular complexity index is 522. The summed E-state index contributed by atoms with van der Waals surface area (Å²) in [4.78, 5) is 14.8. The van der Waals surface area contributed by atoms with Gasteiger partial charge in [0, 0.05) is 18.0 Å². The molecule has 21 heavy (non-hydrogen) atoms. The van der Waals surface area contributed by atoms with Crippen molar-refractivity contribution in [1.29, 1.82) is 0 Å². The third-order valence-corrected chi connectivity index (χ3v) is 5.56. The standard InChI is InChI=1S/C17H23ClN2O/c18-14-6-2-1-5-13(14)15-7-3-10-20(15)16(21)11-17(12-19)8-4-9-17/h1-2,5-6,15H,3-4,7-12,19H2. The number of nitrogens with zero attached hydrogens (tertiary/aromatic N) is 1. The van der Waals surface area contributed by atoms with Gasteiger partial charge in [-0.2, -0.15) is 0 Å². The van der Waals surface area contributed by atoms with E-state index in [9.17, 15) is 4.79 Å². The van der Waals surface area contributed by atoms with Crippen molar-refractivity contribution in [3.05, 3.63) is 34.9 Å². The number of benzene rings is 1. The van der Waals surface area contributed by atoms with E-state index in [2.05, 4.69) is 0 Å². The van der Waals surface area contributed by atoms with Gasteiger partial charge >= 0.3 is 0 Å². The molecule has 1 aliphatic heterocycles. The van der Waals surface area contributed by atoms with E-state index in [1.807, 2.05) is 29.2 Å². The van der Waals surface area contributed by atoms with Gasteiger partial charge in [-0.3, -0.25) is 4.79 Å². The van der Waals surface area contributed by atoms with Crippen LogP contribution in [0.15, 0.2) is 24.3 Å². The first-order valence-electron chi connectivity index (χ1n) is 7.89. The summed E-state index contributed by atoms with van der Waals surface area (Å²) in [5.41, 5.74) is 7.05. The molecule has 0 spiro atoms. The minimum atomic E-state index is 0.0741. The Morgan fingerprint density at radius 3 is 2.71 bits per heavy atom. The number of halogens is 1. The predicted molar refractivity (Wildman–Crippen MR) is 85.1 cm³/mol. The molecular formula is C17H23ClN2O. The molecule has 3 nitrogen and oxygen atoms in total. The number of carbonyl (C=O) groups is 1. The maximum Gasteiger partial charge on any atom is 0.223 e. The molecule has 4 heteroatoms. The molecule has 0 aromatic heterocycles. The topological polar surface area (TPSA) is 46.3 Å². The van der Waals surface area contributed by atoms with E-state index in [1.165, 1.54) is 6.42 Å². The van der Waals surface area contributed by atoms with Gasteiger partial charge in [0.05, 0.1) is 6.04 Å². The molecule has 1 atom stereocenters. The number of amides is 1. The zero-order valence-electron chi connectivity index (χ0n) is 12.4. The Hall–Kier alpha value is -1.06. The van der Waals surface area contributed by atoms with Gasteiger partial charge in [-0.25, -0.2) is 0 Å². The maximum atomic E-state index is 12.7. The SMILES string of the molecule is NCC1(CC(=O)N2CCCC2c2ccccc2Cl)CCC1. The highest BCUT2D eigenvalue weighted by molar-refractivity contribution is 6.31. The second-order valence-electron chi connectivity index (χ2n) is 6.50. The second kappa shape index (κ2) is 5.98. The van der Waals surface area contributed by atoms with Crippen molar-refractivity contribution in [2.45, 2.75) is 44.6 Å².